The number of hydrogen-bond acceptors (Lipinski definition) is 6. The third-order valence-electron chi connectivity index (χ3n) is 9.28. The topological polar surface area (TPSA) is 79.4 Å². The molecule has 0 N–H and O–H groups in total. The van der Waals surface area contributed by atoms with Crippen LogP contribution in [0.2, 0.25) is 0 Å². The van der Waals surface area contributed by atoms with Gasteiger partial charge in [-0.2, -0.15) is 0 Å². The van der Waals surface area contributed by atoms with E-state index in [4.69, 9.17) is 29.4 Å². The fourth-order valence-corrected chi connectivity index (χ4v) is 11.7. The quantitative estimate of drug-likeness (QED) is 0.171. The van der Waals surface area contributed by atoms with Gasteiger partial charge in [0.25, 0.3) is 0 Å². The zero-order chi connectivity index (χ0) is 32.4. The molecule has 6 aromatic carbocycles. The number of imidazole rings is 2. The highest BCUT2D eigenvalue weighted by Gasteiger charge is 2.48. The fourth-order valence-electron chi connectivity index (χ4n) is 7.20. The van der Waals surface area contributed by atoms with Crippen LogP contribution in [0.1, 0.15) is 0 Å². The van der Waals surface area contributed by atoms with Gasteiger partial charge in [-0.25, -0.2) is 24.5 Å². The molecule has 0 fully saturated rings. The van der Waals surface area contributed by atoms with Crippen LogP contribution >= 0.6 is 0 Å². The molecule has 49 heavy (non-hydrogen) atoms. The van der Waals surface area contributed by atoms with Crippen LogP contribution in [0.25, 0.3) is 33.8 Å². The van der Waals surface area contributed by atoms with Gasteiger partial charge in [-0.1, -0.05) is 109 Å². The number of hydrogen-bond donors (Lipinski definition) is 0. The first-order valence-corrected chi connectivity index (χ1v) is 18.1. The summed E-state index contributed by atoms with van der Waals surface area (Å²) in [7, 11) is -3.32. The maximum absolute atomic E-state index is 6.75. The van der Waals surface area contributed by atoms with Crippen LogP contribution in [0, 0.1) is 0 Å². The van der Waals surface area contributed by atoms with E-state index >= 15 is 0 Å². The monoisotopic (exact) mass is 650 g/mol. The van der Waals surface area contributed by atoms with Crippen LogP contribution in [0.4, 0.5) is 0 Å². The van der Waals surface area contributed by atoms with Crippen molar-refractivity contribution in [3.05, 3.63) is 158 Å². The third-order valence-corrected chi connectivity index (χ3v) is 13.8. The van der Waals surface area contributed by atoms with Crippen molar-refractivity contribution >= 4 is 56.9 Å². The molecule has 0 amide bonds. The van der Waals surface area contributed by atoms with Crippen molar-refractivity contribution in [2.45, 2.75) is 0 Å². The van der Waals surface area contributed by atoms with E-state index in [1.807, 2.05) is 83.4 Å². The molecule has 0 atom stereocenters. The number of ether oxygens (including phenoxy) is 2. The molecule has 0 saturated heterocycles. The lowest BCUT2D eigenvalue weighted by atomic mass is 10.2. The molecule has 0 radical (unpaired) electrons. The lowest BCUT2D eigenvalue weighted by molar-refractivity contribution is 0.362. The van der Waals surface area contributed by atoms with Gasteiger partial charge in [-0.3, -0.25) is 4.40 Å². The van der Waals surface area contributed by atoms with Crippen LogP contribution in [0.15, 0.2) is 158 Å². The molecule has 9 aromatic rings. The first-order valence-electron chi connectivity index (χ1n) is 16.1. The zero-order valence-corrected chi connectivity index (χ0v) is 27.0. The molecule has 1 aliphatic heterocycles. The van der Waals surface area contributed by atoms with E-state index in [9.17, 15) is 0 Å². The molecule has 10 rings (SSSR count). The van der Waals surface area contributed by atoms with E-state index in [-0.39, 0.29) is 0 Å². The predicted molar refractivity (Wildman–Crippen MR) is 193 cm³/mol. The van der Waals surface area contributed by atoms with Crippen molar-refractivity contribution in [3.8, 4) is 28.9 Å². The number of benzene rings is 6. The molecule has 0 aliphatic carbocycles. The second kappa shape index (κ2) is 10.7. The zero-order valence-electron chi connectivity index (χ0n) is 26.0. The Hall–Kier alpha value is -6.58. The van der Waals surface area contributed by atoms with E-state index in [0.717, 1.165) is 43.4 Å². The Morgan fingerprint density at radius 2 is 1.10 bits per heavy atom. The van der Waals surface area contributed by atoms with Gasteiger partial charge in [-0.15, -0.1) is 0 Å². The van der Waals surface area contributed by atoms with Gasteiger partial charge in [0.1, 0.15) is 11.8 Å². The average Bonchev–Trinajstić information content (AvgIpc) is 3.70. The minimum absolute atomic E-state index is 0.488. The highest BCUT2D eigenvalue weighted by Crippen LogP contribution is 2.44. The average molecular weight is 651 g/mol. The van der Waals surface area contributed by atoms with E-state index < -0.39 is 8.07 Å². The molecular formula is C40H26N6O2Si. The Bertz CT molecular complexity index is 2650. The van der Waals surface area contributed by atoms with Gasteiger partial charge < -0.3 is 9.47 Å². The van der Waals surface area contributed by atoms with Crippen molar-refractivity contribution in [1.82, 2.24) is 28.9 Å². The molecule has 4 heterocycles. The van der Waals surface area contributed by atoms with E-state index in [1.54, 1.807) is 6.33 Å². The summed E-state index contributed by atoms with van der Waals surface area (Å²) in [5.74, 6) is 3.87. The third kappa shape index (κ3) is 4.03. The Kier molecular flexibility index (Phi) is 6.03. The summed E-state index contributed by atoms with van der Waals surface area (Å²) >= 11 is 0. The normalized spacial score (nSPS) is 12.4. The second-order valence-corrected chi connectivity index (χ2v) is 15.6. The highest BCUT2D eigenvalue weighted by molar-refractivity contribution is 7.19. The van der Waals surface area contributed by atoms with Crippen LogP contribution < -0.4 is 30.5 Å². The number of aromatic nitrogens is 6. The summed E-state index contributed by atoms with van der Waals surface area (Å²) in [6, 6.07) is 51.3. The van der Waals surface area contributed by atoms with Gasteiger partial charge in [0.2, 0.25) is 19.8 Å². The van der Waals surface area contributed by atoms with Crippen molar-refractivity contribution in [1.29, 1.82) is 0 Å². The molecule has 8 nitrogen and oxygen atoms in total. The maximum atomic E-state index is 6.75. The Balaban J connectivity index is 1.30. The van der Waals surface area contributed by atoms with Crippen LogP contribution in [0.3, 0.4) is 0 Å². The summed E-state index contributed by atoms with van der Waals surface area (Å²) in [6.07, 6.45) is 1.63. The summed E-state index contributed by atoms with van der Waals surface area (Å²) in [5, 5.41) is 3.18. The smallest absolute Gasteiger partial charge is 0.239 e. The maximum Gasteiger partial charge on any atom is 0.239 e. The Morgan fingerprint density at radius 3 is 1.86 bits per heavy atom. The molecule has 0 spiro atoms. The number of nitrogens with zero attached hydrogens (tertiary/aromatic N) is 6. The number of rotatable bonds is 5. The first kappa shape index (κ1) is 27.5. The van der Waals surface area contributed by atoms with Gasteiger partial charge >= 0.3 is 0 Å². The minimum Gasteiger partial charge on any atom is -0.450 e. The van der Waals surface area contributed by atoms with Crippen molar-refractivity contribution in [2.24, 2.45) is 0 Å². The van der Waals surface area contributed by atoms with Crippen LogP contribution in [0.5, 0.6) is 23.0 Å². The lowest BCUT2D eigenvalue weighted by Gasteiger charge is -2.34. The predicted octanol–water partition coefficient (Wildman–Crippen LogP) is 5.89. The molecule has 9 heteroatoms. The fraction of sp³-hybridized carbons (Fsp3) is 0. The molecule has 0 bridgehead atoms. The number of para-hydroxylation sites is 7. The van der Waals surface area contributed by atoms with Crippen LogP contribution in [-0.4, -0.2) is 37.0 Å². The van der Waals surface area contributed by atoms with Gasteiger partial charge in [-0.05, 0) is 52.8 Å². The standard InChI is InChI=1S/C40H26N6O2Si/c1-3-14-27(15-4-1)49(28-16-5-2-6-17-28,36-25-13-24-35-37(36)48-34-23-12-11-22-33(34)47-35)39-42-26-41-38(44-39)46-32-21-10-9-20-31(32)45-30-19-8-7-18-29(30)43-40(45)46/h1-26H. The number of fused-ring (bicyclic) bond motifs is 7. The summed E-state index contributed by atoms with van der Waals surface area (Å²) in [4.78, 5) is 20.4. The summed E-state index contributed by atoms with van der Waals surface area (Å²) in [5.41, 5.74) is 4.55. The van der Waals surface area contributed by atoms with Gasteiger partial charge in [0.15, 0.2) is 23.0 Å². The molecular weight excluding hydrogens is 625 g/mol. The molecule has 0 unspecified atom stereocenters. The van der Waals surface area contributed by atoms with Gasteiger partial charge in [0, 0.05) is 5.19 Å². The molecule has 1 aliphatic rings. The van der Waals surface area contributed by atoms with Gasteiger partial charge in [0.05, 0.1) is 22.1 Å². The summed E-state index contributed by atoms with van der Waals surface area (Å²) < 4.78 is 17.4. The van der Waals surface area contributed by atoms with E-state index in [2.05, 4.69) is 77.2 Å². The van der Waals surface area contributed by atoms with Crippen LogP contribution in [-0.2, 0) is 0 Å². The lowest BCUT2D eigenvalue weighted by Crippen LogP contribution is -2.76. The van der Waals surface area contributed by atoms with E-state index in [0.29, 0.717) is 34.4 Å². The molecule has 232 valence electrons. The molecule has 3 aromatic heterocycles. The van der Waals surface area contributed by atoms with E-state index in [1.165, 1.54) is 0 Å². The Morgan fingerprint density at radius 1 is 0.490 bits per heavy atom. The Labute approximate surface area is 281 Å². The minimum atomic E-state index is -3.32. The van der Waals surface area contributed by atoms with Crippen molar-refractivity contribution in [3.63, 3.8) is 0 Å². The highest BCUT2D eigenvalue weighted by atomic mass is 28.3. The van der Waals surface area contributed by atoms with Crippen molar-refractivity contribution < 1.29 is 9.47 Å². The molecule has 0 saturated carbocycles. The van der Waals surface area contributed by atoms with Crippen molar-refractivity contribution in [2.75, 3.05) is 0 Å². The largest absolute Gasteiger partial charge is 0.450 e. The second-order valence-electron chi connectivity index (χ2n) is 11.9. The summed E-state index contributed by atoms with van der Waals surface area (Å²) in [6.45, 7) is 0. The SMILES string of the molecule is c1ccc([Si](c2ccccc2)(c2ncnc(-n3c4ccccc4n4c5ccccc5nc34)n2)c2cccc3c2Oc2ccccc2O3)cc1. The first-order chi connectivity index (χ1) is 24.3.